The zero-order valence-electron chi connectivity index (χ0n) is 12.1. The Morgan fingerprint density at radius 3 is 2.55 bits per heavy atom. The highest BCUT2D eigenvalue weighted by Gasteiger charge is 2.29. The number of hydrogen-bond acceptors (Lipinski definition) is 5. The summed E-state index contributed by atoms with van der Waals surface area (Å²) in [5, 5.41) is 9.73. The number of hydrogen-bond donors (Lipinski definition) is 1. The van der Waals surface area contributed by atoms with Gasteiger partial charge in [0.25, 0.3) is 0 Å². The van der Waals surface area contributed by atoms with Crippen molar-refractivity contribution in [2.75, 3.05) is 40.5 Å². The van der Waals surface area contributed by atoms with Crippen molar-refractivity contribution in [3.8, 4) is 11.5 Å². The molecule has 0 unspecified atom stereocenters. The van der Waals surface area contributed by atoms with Crippen molar-refractivity contribution < 1.29 is 19.3 Å². The quantitative estimate of drug-likeness (QED) is 0.760. The van der Waals surface area contributed by atoms with E-state index >= 15 is 0 Å². The molecule has 2 atom stereocenters. The predicted octanol–water partition coefficient (Wildman–Crippen LogP) is 1.16. The van der Waals surface area contributed by atoms with Gasteiger partial charge in [0.05, 0.1) is 39.1 Å². The summed E-state index contributed by atoms with van der Waals surface area (Å²) < 4.78 is 16.0. The van der Waals surface area contributed by atoms with E-state index in [1.165, 1.54) is 0 Å². The molecule has 5 nitrogen and oxygen atoms in total. The first-order valence-electron chi connectivity index (χ1n) is 6.93. The second kappa shape index (κ2) is 7.47. The smallest absolute Gasteiger partial charge is 0.119 e. The molecule has 1 saturated heterocycles. The highest BCUT2D eigenvalue weighted by Crippen LogP contribution is 2.17. The fourth-order valence-electron chi connectivity index (χ4n) is 2.29. The molecule has 1 aromatic rings. The van der Waals surface area contributed by atoms with Gasteiger partial charge < -0.3 is 19.3 Å². The Morgan fingerprint density at radius 2 is 1.95 bits per heavy atom. The van der Waals surface area contributed by atoms with Gasteiger partial charge in [-0.05, 0) is 37.7 Å². The van der Waals surface area contributed by atoms with Crippen molar-refractivity contribution in [1.29, 1.82) is 0 Å². The van der Waals surface area contributed by atoms with Crippen LogP contribution in [-0.4, -0.2) is 62.7 Å². The lowest BCUT2D eigenvalue weighted by Crippen LogP contribution is -2.41. The molecule has 1 aromatic carbocycles. The first kappa shape index (κ1) is 15.1. The molecule has 1 N–H and O–H groups in total. The van der Waals surface area contributed by atoms with E-state index in [1.54, 1.807) is 7.11 Å². The minimum Gasteiger partial charge on any atom is -0.497 e. The Bertz CT molecular complexity index is 395. The molecule has 0 spiro atoms. The molecule has 112 valence electrons. The molecule has 0 amide bonds. The molecule has 20 heavy (non-hydrogen) atoms. The zero-order valence-corrected chi connectivity index (χ0v) is 12.1. The van der Waals surface area contributed by atoms with E-state index in [0.29, 0.717) is 19.8 Å². The average Bonchev–Trinajstić information content (AvgIpc) is 2.90. The number of ether oxygens (including phenoxy) is 3. The molecule has 5 heteroatoms. The first-order valence-corrected chi connectivity index (χ1v) is 6.93. The Labute approximate surface area is 120 Å². The van der Waals surface area contributed by atoms with Gasteiger partial charge in [-0.2, -0.15) is 0 Å². The highest BCUT2D eigenvalue weighted by molar-refractivity contribution is 5.31. The Balaban J connectivity index is 1.65. The molecule has 0 aromatic heterocycles. The van der Waals surface area contributed by atoms with Crippen LogP contribution >= 0.6 is 0 Å². The van der Waals surface area contributed by atoms with Crippen LogP contribution < -0.4 is 9.47 Å². The molecule has 0 aliphatic carbocycles. The molecule has 1 heterocycles. The van der Waals surface area contributed by atoms with E-state index in [2.05, 4.69) is 4.90 Å². The molecule has 2 rings (SSSR count). The van der Waals surface area contributed by atoms with E-state index in [0.717, 1.165) is 24.5 Å². The maximum atomic E-state index is 9.73. The maximum Gasteiger partial charge on any atom is 0.119 e. The van der Waals surface area contributed by atoms with Crippen LogP contribution in [0.2, 0.25) is 0 Å². The second-order valence-electron chi connectivity index (χ2n) is 5.03. The van der Waals surface area contributed by atoms with Crippen molar-refractivity contribution in [2.45, 2.75) is 18.6 Å². The van der Waals surface area contributed by atoms with Crippen LogP contribution in [0.3, 0.4) is 0 Å². The SMILES string of the molecule is COc1ccc(OCCCN(C)[C@@H]2COC[C@H]2O)cc1. The van der Waals surface area contributed by atoms with E-state index < -0.39 is 0 Å². The van der Waals surface area contributed by atoms with Gasteiger partial charge in [0.1, 0.15) is 11.5 Å². The number of aliphatic hydroxyl groups is 1. The zero-order chi connectivity index (χ0) is 14.4. The number of rotatable bonds is 7. The van der Waals surface area contributed by atoms with Crippen LogP contribution in [0.25, 0.3) is 0 Å². The van der Waals surface area contributed by atoms with Crippen molar-refractivity contribution >= 4 is 0 Å². The third-order valence-electron chi connectivity index (χ3n) is 3.57. The van der Waals surface area contributed by atoms with Gasteiger partial charge in [-0.25, -0.2) is 0 Å². The van der Waals surface area contributed by atoms with Crippen molar-refractivity contribution in [3.63, 3.8) is 0 Å². The van der Waals surface area contributed by atoms with Gasteiger partial charge in [-0.3, -0.25) is 4.90 Å². The fourth-order valence-corrected chi connectivity index (χ4v) is 2.29. The summed E-state index contributed by atoms with van der Waals surface area (Å²) in [7, 11) is 3.66. The topological polar surface area (TPSA) is 51.2 Å². The normalized spacial score (nSPS) is 22.2. The van der Waals surface area contributed by atoms with Crippen LogP contribution in [0.1, 0.15) is 6.42 Å². The molecule has 0 bridgehead atoms. The van der Waals surface area contributed by atoms with Gasteiger partial charge in [0.2, 0.25) is 0 Å². The molecule has 0 radical (unpaired) electrons. The predicted molar refractivity (Wildman–Crippen MR) is 76.3 cm³/mol. The van der Waals surface area contributed by atoms with Crippen LogP contribution in [0.4, 0.5) is 0 Å². The molecule has 0 saturated carbocycles. The number of nitrogens with zero attached hydrogens (tertiary/aromatic N) is 1. The van der Waals surface area contributed by atoms with Gasteiger partial charge in [-0.1, -0.05) is 0 Å². The Morgan fingerprint density at radius 1 is 1.25 bits per heavy atom. The van der Waals surface area contributed by atoms with Gasteiger partial charge in [0, 0.05) is 6.54 Å². The Kier molecular flexibility index (Phi) is 5.64. The van der Waals surface area contributed by atoms with E-state index in [1.807, 2.05) is 31.3 Å². The fraction of sp³-hybridized carbons (Fsp3) is 0.600. The van der Waals surface area contributed by atoms with E-state index in [4.69, 9.17) is 14.2 Å². The van der Waals surface area contributed by atoms with Gasteiger partial charge in [0.15, 0.2) is 0 Å². The minimum absolute atomic E-state index is 0.107. The van der Waals surface area contributed by atoms with E-state index in [9.17, 15) is 5.11 Å². The standard InChI is InChI=1S/C15H23NO4/c1-16(14-10-19-11-15(14)17)8-3-9-20-13-6-4-12(18-2)5-7-13/h4-7,14-15,17H,3,8-11H2,1-2H3/t14-,15-/m1/s1. The Hall–Kier alpha value is -1.30. The minimum atomic E-state index is -0.373. The first-order chi connectivity index (χ1) is 9.70. The lowest BCUT2D eigenvalue weighted by molar-refractivity contribution is 0.0928. The third-order valence-corrected chi connectivity index (χ3v) is 3.57. The van der Waals surface area contributed by atoms with Crippen LogP contribution in [0.15, 0.2) is 24.3 Å². The number of methoxy groups -OCH3 is 1. The summed E-state index contributed by atoms with van der Waals surface area (Å²) in [6.07, 6.45) is 0.536. The number of benzene rings is 1. The van der Waals surface area contributed by atoms with E-state index in [-0.39, 0.29) is 12.1 Å². The second-order valence-corrected chi connectivity index (χ2v) is 5.03. The molecule has 1 fully saturated rings. The maximum absolute atomic E-state index is 9.73. The summed E-state index contributed by atoms with van der Waals surface area (Å²) in [6, 6.07) is 7.67. The molecular weight excluding hydrogens is 258 g/mol. The lowest BCUT2D eigenvalue weighted by atomic mass is 10.2. The highest BCUT2D eigenvalue weighted by atomic mass is 16.5. The number of likely N-dealkylation sites (N-methyl/N-ethyl adjacent to an activating group) is 1. The number of aliphatic hydroxyl groups excluding tert-OH is 1. The van der Waals surface area contributed by atoms with Crippen LogP contribution in [0, 0.1) is 0 Å². The van der Waals surface area contributed by atoms with Crippen molar-refractivity contribution in [3.05, 3.63) is 24.3 Å². The largest absolute Gasteiger partial charge is 0.497 e. The molecule has 1 aliphatic rings. The summed E-state index contributed by atoms with van der Waals surface area (Å²) in [4.78, 5) is 2.13. The third kappa shape index (κ3) is 4.10. The summed E-state index contributed by atoms with van der Waals surface area (Å²) in [5.41, 5.74) is 0. The van der Waals surface area contributed by atoms with Crippen molar-refractivity contribution in [2.24, 2.45) is 0 Å². The molecule has 1 aliphatic heterocycles. The molecular formula is C15H23NO4. The lowest BCUT2D eigenvalue weighted by Gasteiger charge is -2.25. The van der Waals surface area contributed by atoms with Crippen LogP contribution in [-0.2, 0) is 4.74 Å². The summed E-state index contributed by atoms with van der Waals surface area (Å²) in [5.74, 6) is 1.67. The summed E-state index contributed by atoms with van der Waals surface area (Å²) >= 11 is 0. The van der Waals surface area contributed by atoms with Crippen molar-refractivity contribution in [1.82, 2.24) is 4.90 Å². The summed E-state index contributed by atoms with van der Waals surface area (Å²) in [6.45, 7) is 2.58. The van der Waals surface area contributed by atoms with Gasteiger partial charge in [-0.15, -0.1) is 0 Å². The monoisotopic (exact) mass is 281 g/mol. The van der Waals surface area contributed by atoms with Crippen LogP contribution in [0.5, 0.6) is 11.5 Å². The van der Waals surface area contributed by atoms with Gasteiger partial charge >= 0.3 is 0 Å². The average molecular weight is 281 g/mol.